The summed E-state index contributed by atoms with van der Waals surface area (Å²) in [6, 6.07) is 4.72. The minimum Gasteiger partial charge on any atom is -0.497 e. The van der Waals surface area contributed by atoms with Crippen LogP contribution in [-0.4, -0.2) is 26.2 Å². The molecule has 2 unspecified atom stereocenters. The van der Waals surface area contributed by atoms with Gasteiger partial charge in [0.15, 0.2) is 0 Å². The van der Waals surface area contributed by atoms with E-state index in [-0.39, 0.29) is 24.4 Å². The van der Waals surface area contributed by atoms with Gasteiger partial charge in [-0.15, -0.1) is 12.4 Å². The van der Waals surface area contributed by atoms with Crippen molar-refractivity contribution >= 4 is 18.3 Å². The summed E-state index contributed by atoms with van der Waals surface area (Å²) in [5.74, 6) is 1.22. The van der Waals surface area contributed by atoms with E-state index in [0.29, 0.717) is 11.5 Å². The average Bonchev–Trinajstić information content (AvgIpc) is 2.37. The smallest absolute Gasteiger partial charge is 0.237 e. The number of hydrogen-bond donors (Lipinski definition) is 2. The van der Waals surface area contributed by atoms with E-state index in [4.69, 9.17) is 15.2 Å². The third-order valence-electron chi connectivity index (χ3n) is 2.68. The molecule has 1 rings (SSSR count). The second-order valence-electron chi connectivity index (χ2n) is 4.13. The van der Waals surface area contributed by atoms with Gasteiger partial charge >= 0.3 is 0 Å². The Morgan fingerprint density at radius 1 is 1.26 bits per heavy atom. The van der Waals surface area contributed by atoms with Gasteiger partial charge in [-0.1, -0.05) is 0 Å². The lowest BCUT2D eigenvalue weighted by molar-refractivity contribution is -0.122. The van der Waals surface area contributed by atoms with Gasteiger partial charge in [-0.05, 0) is 32.0 Å². The molecule has 0 aliphatic rings. The number of benzene rings is 1. The number of halogens is 1. The van der Waals surface area contributed by atoms with Crippen molar-refractivity contribution in [2.75, 3.05) is 14.2 Å². The van der Waals surface area contributed by atoms with Crippen LogP contribution in [0.15, 0.2) is 18.2 Å². The van der Waals surface area contributed by atoms with Crippen LogP contribution in [0.2, 0.25) is 0 Å². The lowest BCUT2D eigenvalue weighted by atomic mass is 10.1. The molecule has 5 nitrogen and oxygen atoms in total. The molecule has 0 heterocycles. The quantitative estimate of drug-likeness (QED) is 0.864. The van der Waals surface area contributed by atoms with Crippen molar-refractivity contribution < 1.29 is 14.3 Å². The molecule has 0 radical (unpaired) electrons. The number of ether oxygens (including phenoxy) is 2. The van der Waals surface area contributed by atoms with Crippen molar-refractivity contribution in [2.45, 2.75) is 25.9 Å². The van der Waals surface area contributed by atoms with E-state index >= 15 is 0 Å². The summed E-state index contributed by atoms with van der Waals surface area (Å²) in [7, 11) is 3.18. The molecular formula is C13H21ClN2O3. The Labute approximate surface area is 119 Å². The highest BCUT2D eigenvalue weighted by Gasteiger charge is 2.16. The Morgan fingerprint density at radius 2 is 1.89 bits per heavy atom. The number of methoxy groups -OCH3 is 2. The fraction of sp³-hybridized carbons (Fsp3) is 0.462. The van der Waals surface area contributed by atoms with Crippen LogP contribution in [0.25, 0.3) is 0 Å². The van der Waals surface area contributed by atoms with Crippen LogP contribution >= 0.6 is 12.4 Å². The number of nitrogens with two attached hydrogens (primary N) is 1. The van der Waals surface area contributed by atoms with E-state index in [1.807, 2.05) is 25.1 Å². The second-order valence-corrected chi connectivity index (χ2v) is 4.13. The standard InChI is InChI=1S/C13H20N2O3.ClH/c1-8(14)13(16)15-9(2)11-7-10(17-3)5-6-12(11)18-4;/h5-9H,14H2,1-4H3,(H,15,16);1H. The second kappa shape index (κ2) is 7.86. The molecule has 19 heavy (non-hydrogen) atoms. The summed E-state index contributed by atoms with van der Waals surface area (Å²) in [5.41, 5.74) is 6.37. The normalized spacial score (nSPS) is 12.9. The Morgan fingerprint density at radius 3 is 2.37 bits per heavy atom. The van der Waals surface area contributed by atoms with Crippen molar-refractivity contribution in [3.05, 3.63) is 23.8 Å². The minimum atomic E-state index is -0.538. The zero-order valence-electron chi connectivity index (χ0n) is 11.6. The molecule has 0 fully saturated rings. The number of rotatable bonds is 5. The number of carbonyl (C=O) groups excluding carboxylic acids is 1. The summed E-state index contributed by atoms with van der Waals surface area (Å²) in [6.45, 7) is 3.52. The van der Waals surface area contributed by atoms with Gasteiger partial charge < -0.3 is 20.5 Å². The van der Waals surface area contributed by atoms with E-state index in [1.54, 1.807) is 21.1 Å². The fourth-order valence-corrected chi connectivity index (χ4v) is 1.60. The van der Waals surface area contributed by atoms with Crippen molar-refractivity contribution in [2.24, 2.45) is 5.73 Å². The molecule has 108 valence electrons. The first-order valence-corrected chi connectivity index (χ1v) is 5.77. The molecule has 2 atom stereocenters. The lowest BCUT2D eigenvalue weighted by Gasteiger charge is -2.19. The number of hydrogen-bond acceptors (Lipinski definition) is 4. The van der Waals surface area contributed by atoms with Gasteiger partial charge in [0.25, 0.3) is 0 Å². The predicted octanol–water partition coefficient (Wildman–Crippen LogP) is 1.65. The van der Waals surface area contributed by atoms with Crippen molar-refractivity contribution in [1.29, 1.82) is 0 Å². The van der Waals surface area contributed by atoms with Crippen LogP contribution < -0.4 is 20.5 Å². The highest BCUT2D eigenvalue weighted by atomic mass is 35.5. The Balaban J connectivity index is 0.00000324. The van der Waals surface area contributed by atoms with E-state index in [9.17, 15) is 4.79 Å². The zero-order valence-corrected chi connectivity index (χ0v) is 12.4. The Kier molecular flexibility index (Phi) is 7.26. The molecule has 0 saturated carbocycles. The van der Waals surface area contributed by atoms with Crippen LogP contribution in [0.3, 0.4) is 0 Å². The molecule has 6 heteroatoms. The number of carbonyl (C=O) groups is 1. The van der Waals surface area contributed by atoms with E-state index in [0.717, 1.165) is 5.56 Å². The third kappa shape index (κ3) is 4.61. The van der Waals surface area contributed by atoms with Crippen LogP contribution in [0.4, 0.5) is 0 Å². The van der Waals surface area contributed by atoms with Gasteiger partial charge in [0.1, 0.15) is 11.5 Å². The lowest BCUT2D eigenvalue weighted by Crippen LogP contribution is -2.39. The molecule has 0 bridgehead atoms. The first-order valence-electron chi connectivity index (χ1n) is 5.77. The maximum absolute atomic E-state index is 11.6. The molecule has 3 N–H and O–H groups in total. The highest BCUT2D eigenvalue weighted by Crippen LogP contribution is 2.29. The molecule has 0 spiro atoms. The minimum absolute atomic E-state index is 0. The fourth-order valence-electron chi connectivity index (χ4n) is 1.60. The maximum atomic E-state index is 11.6. The maximum Gasteiger partial charge on any atom is 0.237 e. The van der Waals surface area contributed by atoms with Crippen LogP contribution in [0.1, 0.15) is 25.5 Å². The van der Waals surface area contributed by atoms with Crippen molar-refractivity contribution in [1.82, 2.24) is 5.32 Å². The van der Waals surface area contributed by atoms with Gasteiger partial charge in [0.2, 0.25) is 5.91 Å². The van der Waals surface area contributed by atoms with E-state index < -0.39 is 6.04 Å². The number of nitrogens with one attached hydrogen (secondary N) is 1. The van der Waals surface area contributed by atoms with E-state index in [2.05, 4.69) is 5.32 Å². The third-order valence-corrected chi connectivity index (χ3v) is 2.68. The monoisotopic (exact) mass is 288 g/mol. The molecule has 0 aliphatic carbocycles. The zero-order chi connectivity index (χ0) is 13.7. The molecular weight excluding hydrogens is 268 g/mol. The molecule has 0 aromatic heterocycles. The Bertz CT molecular complexity index is 424. The Hall–Kier alpha value is -1.46. The van der Waals surface area contributed by atoms with Crippen molar-refractivity contribution in [3.63, 3.8) is 0 Å². The summed E-state index contributed by atoms with van der Waals surface area (Å²) < 4.78 is 10.4. The number of amides is 1. The van der Waals surface area contributed by atoms with Gasteiger partial charge in [-0.25, -0.2) is 0 Å². The largest absolute Gasteiger partial charge is 0.497 e. The molecule has 0 saturated heterocycles. The molecule has 1 amide bonds. The van der Waals surface area contributed by atoms with Crippen LogP contribution in [-0.2, 0) is 4.79 Å². The van der Waals surface area contributed by atoms with Crippen LogP contribution in [0.5, 0.6) is 11.5 Å². The van der Waals surface area contributed by atoms with Gasteiger partial charge in [-0.2, -0.15) is 0 Å². The summed E-state index contributed by atoms with van der Waals surface area (Å²) in [5, 5.41) is 2.82. The average molecular weight is 289 g/mol. The topological polar surface area (TPSA) is 73.6 Å². The molecule has 1 aromatic rings. The first kappa shape index (κ1) is 17.5. The molecule has 0 aliphatic heterocycles. The van der Waals surface area contributed by atoms with Crippen molar-refractivity contribution in [3.8, 4) is 11.5 Å². The summed E-state index contributed by atoms with van der Waals surface area (Å²) >= 11 is 0. The first-order chi connectivity index (χ1) is 8.49. The van der Waals surface area contributed by atoms with Crippen LogP contribution in [0, 0.1) is 0 Å². The van der Waals surface area contributed by atoms with Gasteiger partial charge in [0, 0.05) is 5.56 Å². The summed E-state index contributed by atoms with van der Waals surface area (Å²) in [6.07, 6.45) is 0. The predicted molar refractivity (Wildman–Crippen MR) is 77.0 cm³/mol. The summed E-state index contributed by atoms with van der Waals surface area (Å²) in [4.78, 5) is 11.6. The molecule has 1 aromatic carbocycles. The van der Waals surface area contributed by atoms with Gasteiger partial charge in [0.05, 0.1) is 26.3 Å². The van der Waals surface area contributed by atoms with Gasteiger partial charge in [-0.3, -0.25) is 4.79 Å². The van der Waals surface area contributed by atoms with E-state index in [1.165, 1.54) is 0 Å². The highest BCUT2D eigenvalue weighted by molar-refractivity contribution is 5.85. The SMILES string of the molecule is COc1ccc(OC)c(C(C)NC(=O)C(C)N)c1.Cl.